The molecule has 0 aromatic carbocycles. The van der Waals surface area contributed by atoms with Gasteiger partial charge in [-0.25, -0.2) is 9.97 Å². The summed E-state index contributed by atoms with van der Waals surface area (Å²) in [6.07, 6.45) is 14.2. The first-order chi connectivity index (χ1) is 9.81. The Morgan fingerprint density at radius 3 is 2.55 bits per heavy atom. The molecule has 2 heterocycles. The van der Waals surface area contributed by atoms with Crippen molar-refractivity contribution in [2.45, 2.75) is 57.9 Å². The highest BCUT2D eigenvalue weighted by Crippen LogP contribution is 2.30. The first-order valence-corrected chi connectivity index (χ1v) is 8.00. The van der Waals surface area contributed by atoms with Crippen molar-refractivity contribution in [2.24, 2.45) is 0 Å². The van der Waals surface area contributed by atoms with Crippen LogP contribution in [0.15, 0.2) is 24.0 Å². The fourth-order valence-electron chi connectivity index (χ4n) is 3.23. The highest BCUT2D eigenvalue weighted by Gasteiger charge is 2.18. The van der Waals surface area contributed by atoms with Crippen LogP contribution in [-0.2, 0) is 6.54 Å². The second-order valence-corrected chi connectivity index (χ2v) is 6.32. The molecule has 1 aliphatic heterocycles. The van der Waals surface area contributed by atoms with Crippen molar-refractivity contribution in [2.75, 3.05) is 13.1 Å². The van der Waals surface area contributed by atoms with E-state index in [0.29, 0.717) is 5.92 Å². The van der Waals surface area contributed by atoms with E-state index in [2.05, 4.69) is 27.9 Å². The molecule has 1 fully saturated rings. The van der Waals surface area contributed by atoms with Crippen LogP contribution in [0.4, 0.5) is 0 Å². The molecule has 3 heteroatoms. The number of hydrogen-bond donors (Lipinski definition) is 0. The van der Waals surface area contributed by atoms with Gasteiger partial charge in [-0.05, 0) is 26.2 Å². The normalized spacial score (nSPS) is 21.8. The fraction of sp³-hybridized carbons (Fsp3) is 0.647. The molecule has 0 N–H and O–H groups in total. The number of rotatable bonds is 3. The molecule has 0 atom stereocenters. The highest BCUT2D eigenvalue weighted by atomic mass is 15.1. The average molecular weight is 271 g/mol. The summed E-state index contributed by atoms with van der Waals surface area (Å²) in [4.78, 5) is 11.7. The summed E-state index contributed by atoms with van der Waals surface area (Å²) >= 11 is 0. The number of hydrogen-bond acceptors (Lipinski definition) is 3. The van der Waals surface area contributed by atoms with Gasteiger partial charge in [0.15, 0.2) is 0 Å². The highest BCUT2D eigenvalue weighted by molar-refractivity contribution is 5.10. The minimum Gasteiger partial charge on any atom is -0.295 e. The zero-order chi connectivity index (χ0) is 13.8. The van der Waals surface area contributed by atoms with E-state index in [4.69, 9.17) is 0 Å². The minimum absolute atomic E-state index is 0.610. The molecule has 0 bridgehead atoms. The van der Waals surface area contributed by atoms with Gasteiger partial charge >= 0.3 is 0 Å². The zero-order valence-electron chi connectivity index (χ0n) is 12.5. The van der Waals surface area contributed by atoms with Crippen LogP contribution in [-0.4, -0.2) is 28.0 Å². The van der Waals surface area contributed by atoms with Crippen LogP contribution in [0.2, 0.25) is 0 Å². The molecule has 0 spiro atoms. The zero-order valence-corrected chi connectivity index (χ0v) is 12.5. The Hall–Kier alpha value is -1.22. The third-order valence-corrected chi connectivity index (χ3v) is 4.62. The number of nitrogens with zero attached hydrogens (tertiary/aromatic N) is 3. The van der Waals surface area contributed by atoms with Crippen LogP contribution >= 0.6 is 0 Å². The van der Waals surface area contributed by atoms with Gasteiger partial charge < -0.3 is 0 Å². The van der Waals surface area contributed by atoms with Gasteiger partial charge in [-0.15, -0.1) is 0 Å². The van der Waals surface area contributed by atoms with Crippen LogP contribution in [0.25, 0.3) is 0 Å². The largest absolute Gasteiger partial charge is 0.295 e. The Bertz CT molecular complexity index is 458. The maximum atomic E-state index is 4.63. The minimum atomic E-state index is 0.610. The maximum absolute atomic E-state index is 4.63. The molecule has 1 saturated carbocycles. The summed E-state index contributed by atoms with van der Waals surface area (Å²) in [5.41, 5.74) is 2.77. The van der Waals surface area contributed by atoms with Gasteiger partial charge in [-0.3, -0.25) is 4.90 Å². The number of aromatic nitrogens is 2. The van der Waals surface area contributed by atoms with Crippen molar-refractivity contribution in [3.05, 3.63) is 35.4 Å². The molecule has 0 unspecified atom stereocenters. The fourth-order valence-corrected chi connectivity index (χ4v) is 3.23. The predicted molar refractivity (Wildman–Crippen MR) is 81.5 cm³/mol. The summed E-state index contributed by atoms with van der Waals surface area (Å²) in [5.74, 6) is 1.68. The third-order valence-electron chi connectivity index (χ3n) is 4.62. The molecule has 1 aromatic heterocycles. The lowest BCUT2D eigenvalue weighted by Gasteiger charge is -2.25. The summed E-state index contributed by atoms with van der Waals surface area (Å²) < 4.78 is 0. The van der Waals surface area contributed by atoms with Crippen LogP contribution in [0.3, 0.4) is 0 Å². The molecule has 20 heavy (non-hydrogen) atoms. The molecular weight excluding hydrogens is 246 g/mol. The van der Waals surface area contributed by atoms with Crippen molar-refractivity contribution in [3.8, 4) is 0 Å². The predicted octanol–water partition coefficient (Wildman–Crippen LogP) is 3.68. The molecule has 3 rings (SSSR count). The molecule has 0 radical (unpaired) electrons. The van der Waals surface area contributed by atoms with Crippen LogP contribution < -0.4 is 0 Å². The van der Waals surface area contributed by atoms with Gasteiger partial charge in [0.1, 0.15) is 5.82 Å². The SMILES string of the molecule is CC1=CCN(Cc2cnc(C3CCCCC3)nc2)CC1. The van der Waals surface area contributed by atoms with E-state index in [9.17, 15) is 0 Å². The van der Waals surface area contributed by atoms with Crippen molar-refractivity contribution >= 4 is 0 Å². The molecule has 3 nitrogen and oxygen atoms in total. The van der Waals surface area contributed by atoms with E-state index >= 15 is 0 Å². The van der Waals surface area contributed by atoms with E-state index in [-0.39, 0.29) is 0 Å². The average Bonchev–Trinajstić information content (AvgIpc) is 2.51. The quantitative estimate of drug-likeness (QED) is 0.785. The second-order valence-electron chi connectivity index (χ2n) is 6.32. The first kappa shape index (κ1) is 13.7. The Labute approximate surface area is 122 Å². The van der Waals surface area contributed by atoms with E-state index in [0.717, 1.165) is 25.5 Å². The van der Waals surface area contributed by atoms with E-state index in [1.54, 1.807) is 0 Å². The van der Waals surface area contributed by atoms with Crippen molar-refractivity contribution in [1.82, 2.24) is 14.9 Å². The monoisotopic (exact) mass is 271 g/mol. The molecule has 1 aliphatic carbocycles. The van der Waals surface area contributed by atoms with Gasteiger partial charge in [-0.1, -0.05) is 30.9 Å². The van der Waals surface area contributed by atoms with Gasteiger partial charge in [0, 0.05) is 43.5 Å². The van der Waals surface area contributed by atoms with Crippen molar-refractivity contribution < 1.29 is 0 Å². The van der Waals surface area contributed by atoms with Crippen LogP contribution in [0, 0.1) is 0 Å². The molecular formula is C17H25N3. The molecule has 0 amide bonds. The third kappa shape index (κ3) is 3.45. The van der Waals surface area contributed by atoms with Gasteiger partial charge in [0.05, 0.1) is 0 Å². The molecule has 2 aliphatic rings. The van der Waals surface area contributed by atoms with Crippen molar-refractivity contribution in [3.63, 3.8) is 0 Å². The van der Waals surface area contributed by atoms with Crippen LogP contribution in [0.5, 0.6) is 0 Å². The second kappa shape index (κ2) is 6.49. The molecule has 108 valence electrons. The van der Waals surface area contributed by atoms with E-state index in [1.807, 2.05) is 12.4 Å². The van der Waals surface area contributed by atoms with Crippen molar-refractivity contribution in [1.29, 1.82) is 0 Å². The smallest absolute Gasteiger partial charge is 0.131 e. The first-order valence-electron chi connectivity index (χ1n) is 8.00. The Morgan fingerprint density at radius 1 is 1.15 bits per heavy atom. The lowest BCUT2D eigenvalue weighted by molar-refractivity contribution is 0.285. The lowest BCUT2D eigenvalue weighted by Crippen LogP contribution is -2.28. The lowest BCUT2D eigenvalue weighted by atomic mass is 9.89. The maximum Gasteiger partial charge on any atom is 0.131 e. The van der Waals surface area contributed by atoms with E-state index < -0.39 is 0 Å². The summed E-state index contributed by atoms with van der Waals surface area (Å²) in [6.45, 7) is 5.43. The summed E-state index contributed by atoms with van der Waals surface area (Å²) in [5, 5.41) is 0. The Kier molecular flexibility index (Phi) is 4.46. The summed E-state index contributed by atoms with van der Waals surface area (Å²) in [6, 6.07) is 0. The Balaban J connectivity index is 1.58. The molecule has 0 saturated heterocycles. The topological polar surface area (TPSA) is 29.0 Å². The molecule has 1 aromatic rings. The van der Waals surface area contributed by atoms with Gasteiger partial charge in [-0.2, -0.15) is 0 Å². The standard InChI is InChI=1S/C17H25N3/c1-14-7-9-20(10-8-14)13-15-11-18-17(19-12-15)16-5-3-2-4-6-16/h7,11-12,16H,2-6,8-10,13H2,1H3. The van der Waals surface area contributed by atoms with E-state index in [1.165, 1.54) is 49.7 Å². The summed E-state index contributed by atoms with van der Waals surface area (Å²) in [7, 11) is 0. The van der Waals surface area contributed by atoms with Crippen LogP contribution in [0.1, 0.15) is 62.8 Å². The van der Waals surface area contributed by atoms with Gasteiger partial charge in [0.2, 0.25) is 0 Å². The Morgan fingerprint density at radius 2 is 1.90 bits per heavy atom. The van der Waals surface area contributed by atoms with Gasteiger partial charge in [0.25, 0.3) is 0 Å².